The van der Waals surface area contributed by atoms with E-state index in [0.29, 0.717) is 5.56 Å². The Morgan fingerprint density at radius 1 is 0.920 bits per heavy atom. The molecule has 0 spiro atoms. The molecule has 0 radical (unpaired) electrons. The average molecular weight is 330 g/mol. The molecule has 25 heavy (non-hydrogen) atoms. The average Bonchev–Trinajstić information content (AvgIpc) is 2.68. The lowest BCUT2D eigenvalue weighted by Crippen LogP contribution is -2.12. The van der Waals surface area contributed by atoms with Gasteiger partial charge in [0.2, 0.25) is 0 Å². The smallest absolute Gasteiger partial charge is 0.255 e. The topological polar surface area (TPSA) is 50.7 Å². The summed E-state index contributed by atoms with van der Waals surface area (Å²) >= 11 is 0. The van der Waals surface area contributed by atoms with Crippen LogP contribution in [0.5, 0.6) is 0 Å². The highest BCUT2D eigenvalue weighted by Gasteiger charge is 2.10. The summed E-state index contributed by atoms with van der Waals surface area (Å²) in [6, 6.07) is 24.9. The quantitative estimate of drug-likeness (QED) is 0.549. The van der Waals surface area contributed by atoms with Gasteiger partial charge in [-0.1, -0.05) is 65.8 Å². The van der Waals surface area contributed by atoms with Gasteiger partial charge in [0.05, 0.1) is 6.21 Å². The van der Waals surface area contributed by atoms with Crippen molar-refractivity contribution in [3.63, 3.8) is 0 Å². The van der Waals surface area contributed by atoms with Crippen LogP contribution >= 0.6 is 0 Å². The normalized spacial score (nSPS) is 10.6. The van der Waals surface area contributed by atoms with E-state index in [1.165, 1.54) is 7.11 Å². The molecule has 3 aromatic carbocycles. The van der Waals surface area contributed by atoms with Crippen LogP contribution in [0.3, 0.4) is 0 Å². The fourth-order valence-corrected chi connectivity index (χ4v) is 2.49. The third kappa shape index (κ3) is 4.12. The van der Waals surface area contributed by atoms with E-state index in [1.807, 2.05) is 66.7 Å². The molecule has 0 unspecified atom stereocenters. The van der Waals surface area contributed by atoms with Crippen LogP contribution in [0.25, 0.3) is 11.1 Å². The number of oxime groups is 1. The molecule has 0 saturated heterocycles. The van der Waals surface area contributed by atoms with Crippen LogP contribution in [0, 0.1) is 0 Å². The highest BCUT2D eigenvalue weighted by atomic mass is 16.6. The van der Waals surface area contributed by atoms with Crippen molar-refractivity contribution < 1.29 is 9.63 Å². The van der Waals surface area contributed by atoms with Gasteiger partial charge in [0, 0.05) is 16.8 Å². The number of anilines is 1. The number of para-hydroxylation sites is 1. The second-order valence-corrected chi connectivity index (χ2v) is 5.40. The number of hydrogen-bond acceptors (Lipinski definition) is 3. The number of benzene rings is 3. The first kappa shape index (κ1) is 16.5. The van der Waals surface area contributed by atoms with Gasteiger partial charge in [-0.2, -0.15) is 0 Å². The molecule has 0 aliphatic carbocycles. The molecule has 1 N–H and O–H groups in total. The Morgan fingerprint density at radius 3 is 2.32 bits per heavy atom. The summed E-state index contributed by atoms with van der Waals surface area (Å²) < 4.78 is 0. The summed E-state index contributed by atoms with van der Waals surface area (Å²) in [6.07, 6.45) is 1.59. The van der Waals surface area contributed by atoms with Gasteiger partial charge in [0.25, 0.3) is 5.91 Å². The zero-order chi connectivity index (χ0) is 17.5. The molecular weight excluding hydrogens is 312 g/mol. The van der Waals surface area contributed by atoms with Crippen molar-refractivity contribution in [2.75, 3.05) is 12.4 Å². The number of nitrogens with one attached hydrogen (secondary N) is 1. The number of nitrogens with zero attached hydrogens (tertiary/aromatic N) is 1. The number of amides is 1. The van der Waals surface area contributed by atoms with E-state index in [9.17, 15) is 4.79 Å². The summed E-state index contributed by atoms with van der Waals surface area (Å²) in [6.45, 7) is 0. The standard InChI is InChI=1S/C21H18N2O2/c1-25-22-15-16-11-13-18(14-12-16)21(24)23-20-10-6-5-9-19(20)17-7-3-2-4-8-17/h2-15H,1H3,(H,23,24)/b22-15+. The van der Waals surface area contributed by atoms with Gasteiger partial charge >= 0.3 is 0 Å². The van der Waals surface area contributed by atoms with E-state index in [0.717, 1.165) is 22.4 Å². The van der Waals surface area contributed by atoms with Gasteiger partial charge in [0.15, 0.2) is 0 Å². The molecule has 0 aromatic heterocycles. The lowest BCUT2D eigenvalue weighted by atomic mass is 10.0. The molecule has 0 atom stereocenters. The highest BCUT2D eigenvalue weighted by molar-refractivity contribution is 6.06. The van der Waals surface area contributed by atoms with E-state index < -0.39 is 0 Å². The molecule has 1 amide bonds. The van der Waals surface area contributed by atoms with Crippen LogP contribution in [-0.2, 0) is 4.84 Å². The summed E-state index contributed by atoms with van der Waals surface area (Å²) in [7, 11) is 1.49. The highest BCUT2D eigenvalue weighted by Crippen LogP contribution is 2.27. The van der Waals surface area contributed by atoms with E-state index in [-0.39, 0.29) is 5.91 Å². The molecule has 0 fully saturated rings. The lowest BCUT2D eigenvalue weighted by molar-refractivity contribution is 0.102. The largest absolute Gasteiger partial charge is 0.399 e. The Bertz CT molecular complexity index is 872. The molecule has 3 aromatic rings. The van der Waals surface area contributed by atoms with E-state index >= 15 is 0 Å². The Kier molecular flexibility index (Phi) is 5.22. The number of rotatable bonds is 5. The second-order valence-electron chi connectivity index (χ2n) is 5.40. The summed E-state index contributed by atoms with van der Waals surface area (Å²) in [5, 5.41) is 6.69. The maximum Gasteiger partial charge on any atom is 0.255 e. The number of carbonyl (C=O) groups is 1. The maximum atomic E-state index is 12.6. The predicted molar refractivity (Wildman–Crippen MR) is 101 cm³/mol. The van der Waals surface area contributed by atoms with Crippen molar-refractivity contribution in [2.45, 2.75) is 0 Å². The van der Waals surface area contributed by atoms with Crippen LogP contribution < -0.4 is 5.32 Å². The monoisotopic (exact) mass is 330 g/mol. The maximum absolute atomic E-state index is 12.6. The lowest BCUT2D eigenvalue weighted by Gasteiger charge is -2.11. The summed E-state index contributed by atoms with van der Waals surface area (Å²) in [5.41, 5.74) is 4.27. The second kappa shape index (κ2) is 7.93. The van der Waals surface area contributed by atoms with Crippen LogP contribution in [-0.4, -0.2) is 19.2 Å². The van der Waals surface area contributed by atoms with Crippen molar-refractivity contribution in [3.8, 4) is 11.1 Å². The zero-order valence-corrected chi connectivity index (χ0v) is 13.8. The first-order chi connectivity index (χ1) is 12.3. The third-order valence-corrected chi connectivity index (χ3v) is 3.74. The minimum absolute atomic E-state index is 0.154. The molecule has 124 valence electrons. The molecule has 0 aliphatic rings. The van der Waals surface area contributed by atoms with E-state index in [1.54, 1.807) is 18.3 Å². The van der Waals surface area contributed by atoms with Crippen molar-refractivity contribution in [2.24, 2.45) is 5.16 Å². The van der Waals surface area contributed by atoms with Gasteiger partial charge in [-0.15, -0.1) is 0 Å². The molecule has 3 rings (SSSR count). The Morgan fingerprint density at radius 2 is 1.60 bits per heavy atom. The number of carbonyl (C=O) groups excluding carboxylic acids is 1. The Labute approximate surface area is 146 Å². The van der Waals surface area contributed by atoms with Crippen LogP contribution in [0.1, 0.15) is 15.9 Å². The molecule has 0 aliphatic heterocycles. The number of hydrogen-bond donors (Lipinski definition) is 1. The molecule has 4 nitrogen and oxygen atoms in total. The fraction of sp³-hybridized carbons (Fsp3) is 0.0476. The molecule has 4 heteroatoms. The summed E-state index contributed by atoms with van der Waals surface area (Å²) in [4.78, 5) is 17.2. The zero-order valence-electron chi connectivity index (χ0n) is 13.8. The minimum Gasteiger partial charge on any atom is -0.399 e. The third-order valence-electron chi connectivity index (χ3n) is 3.74. The van der Waals surface area contributed by atoms with Crippen molar-refractivity contribution in [3.05, 3.63) is 90.0 Å². The predicted octanol–water partition coefficient (Wildman–Crippen LogP) is 4.59. The SMILES string of the molecule is CO/N=C/c1ccc(C(=O)Nc2ccccc2-c2ccccc2)cc1. The summed E-state index contributed by atoms with van der Waals surface area (Å²) in [5.74, 6) is -0.154. The first-order valence-corrected chi connectivity index (χ1v) is 7.90. The van der Waals surface area contributed by atoms with Crippen LogP contribution in [0.15, 0.2) is 84.0 Å². The van der Waals surface area contributed by atoms with E-state index in [2.05, 4.69) is 15.3 Å². The van der Waals surface area contributed by atoms with Gasteiger partial charge in [0.1, 0.15) is 7.11 Å². The fourth-order valence-electron chi connectivity index (χ4n) is 2.49. The Balaban J connectivity index is 1.81. The first-order valence-electron chi connectivity index (χ1n) is 7.90. The van der Waals surface area contributed by atoms with Gasteiger partial charge in [-0.05, 0) is 29.3 Å². The van der Waals surface area contributed by atoms with Crippen molar-refractivity contribution in [1.29, 1.82) is 0 Å². The minimum atomic E-state index is -0.154. The van der Waals surface area contributed by atoms with E-state index in [4.69, 9.17) is 0 Å². The van der Waals surface area contributed by atoms with Gasteiger partial charge in [-0.3, -0.25) is 4.79 Å². The molecule has 0 bridgehead atoms. The van der Waals surface area contributed by atoms with Gasteiger partial charge in [-0.25, -0.2) is 0 Å². The molecular formula is C21H18N2O2. The van der Waals surface area contributed by atoms with Crippen molar-refractivity contribution in [1.82, 2.24) is 0 Å². The van der Waals surface area contributed by atoms with Crippen LogP contribution in [0.4, 0.5) is 5.69 Å². The molecule has 0 saturated carbocycles. The molecule has 0 heterocycles. The van der Waals surface area contributed by atoms with Crippen LogP contribution in [0.2, 0.25) is 0 Å². The van der Waals surface area contributed by atoms with Gasteiger partial charge < -0.3 is 10.2 Å². The Hall–Kier alpha value is -3.40. The van der Waals surface area contributed by atoms with Crippen molar-refractivity contribution >= 4 is 17.8 Å².